The maximum atomic E-state index is 11.9. The smallest absolute Gasteiger partial charge is 0.167 e. The van der Waals surface area contributed by atoms with E-state index < -0.39 is 0 Å². The normalized spacial score (nSPS) is 10.6. The summed E-state index contributed by atoms with van der Waals surface area (Å²) >= 11 is 0. The third kappa shape index (κ3) is 1.59. The summed E-state index contributed by atoms with van der Waals surface area (Å²) in [6.45, 7) is 3.74. The van der Waals surface area contributed by atoms with Gasteiger partial charge in [-0.05, 0) is 18.2 Å². The average molecular weight is 212 g/mol. The van der Waals surface area contributed by atoms with Gasteiger partial charge < -0.3 is 4.98 Å². The number of hydrogen-bond acceptors (Lipinski definition) is 2. The quantitative estimate of drug-likeness (QED) is 0.778. The lowest BCUT2D eigenvalue weighted by molar-refractivity contribution is 0.0941. The van der Waals surface area contributed by atoms with Gasteiger partial charge in [0, 0.05) is 28.6 Å². The van der Waals surface area contributed by atoms with Gasteiger partial charge in [0.2, 0.25) is 0 Å². The van der Waals surface area contributed by atoms with Crippen LogP contribution in [0.25, 0.3) is 10.9 Å². The molecule has 0 aliphatic carbocycles. The van der Waals surface area contributed by atoms with E-state index in [2.05, 4.69) is 11.1 Å². The van der Waals surface area contributed by atoms with Crippen molar-refractivity contribution in [1.82, 2.24) is 4.98 Å². The minimum Gasteiger partial charge on any atom is -0.360 e. The van der Waals surface area contributed by atoms with Crippen molar-refractivity contribution in [2.24, 2.45) is 5.92 Å². The zero-order chi connectivity index (χ0) is 11.7. The van der Waals surface area contributed by atoms with E-state index in [9.17, 15) is 4.79 Å². The monoisotopic (exact) mass is 212 g/mol. The molecule has 1 N–H and O–H groups in total. The number of H-pyrrole nitrogens is 1. The second-order valence-corrected chi connectivity index (χ2v) is 4.09. The molecule has 3 nitrogen and oxygen atoms in total. The second kappa shape index (κ2) is 3.82. The number of aromatic amines is 1. The highest BCUT2D eigenvalue weighted by Gasteiger charge is 2.15. The van der Waals surface area contributed by atoms with Crippen LogP contribution in [0.5, 0.6) is 0 Å². The second-order valence-electron chi connectivity index (χ2n) is 4.09. The summed E-state index contributed by atoms with van der Waals surface area (Å²) in [7, 11) is 0. The van der Waals surface area contributed by atoms with Crippen molar-refractivity contribution in [2.75, 3.05) is 0 Å². The van der Waals surface area contributed by atoms with E-state index in [1.807, 2.05) is 19.9 Å². The SMILES string of the molecule is CC(C)C(=O)c1c[nH]c2ccc(C#N)cc12. The highest BCUT2D eigenvalue weighted by molar-refractivity contribution is 6.08. The number of Topliss-reactive ketones (excluding diaryl/α,β-unsaturated/α-hetero) is 1. The summed E-state index contributed by atoms with van der Waals surface area (Å²) in [4.78, 5) is 15.0. The molecule has 1 aromatic carbocycles. The minimum atomic E-state index is -0.0373. The van der Waals surface area contributed by atoms with Crippen molar-refractivity contribution < 1.29 is 4.79 Å². The summed E-state index contributed by atoms with van der Waals surface area (Å²) in [5, 5.41) is 9.66. The predicted molar refractivity (Wildman–Crippen MR) is 62.2 cm³/mol. The van der Waals surface area contributed by atoms with Crippen LogP contribution in [-0.2, 0) is 0 Å². The minimum absolute atomic E-state index is 0.0373. The van der Waals surface area contributed by atoms with Crippen LogP contribution in [0.2, 0.25) is 0 Å². The summed E-state index contributed by atoms with van der Waals surface area (Å²) in [6, 6.07) is 7.39. The van der Waals surface area contributed by atoms with Crippen LogP contribution in [0.1, 0.15) is 29.8 Å². The number of rotatable bonds is 2. The molecule has 16 heavy (non-hydrogen) atoms. The maximum absolute atomic E-state index is 11.9. The molecule has 80 valence electrons. The van der Waals surface area contributed by atoms with Crippen LogP contribution < -0.4 is 0 Å². The number of carbonyl (C=O) groups is 1. The Morgan fingerprint density at radius 2 is 2.19 bits per heavy atom. The van der Waals surface area contributed by atoms with Crippen LogP contribution >= 0.6 is 0 Å². The Morgan fingerprint density at radius 1 is 1.44 bits per heavy atom. The van der Waals surface area contributed by atoms with Crippen molar-refractivity contribution >= 4 is 16.7 Å². The summed E-state index contributed by atoms with van der Waals surface area (Å²) in [5.41, 5.74) is 2.13. The summed E-state index contributed by atoms with van der Waals surface area (Å²) in [5.74, 6) is 0.0612. The van der Waals surface area contributed by atoms with Gasteiger partial charge in [0.05, 0.1) is 11.6 Å². The van der Waals surface area contributed by atoms with Crippen molar-refractivity contribution in [1.29, 1.82) is 5.26 Å². The lowest BCUT2D eigenvalue weighted by Crippen LogP contribution is -2.06. The molecule has 0 saturated heterocycles. The molecule has 0 saturated carbocycles. The first kappa shape index (κ1) is 10.4. The molecule has 1 aromatic heterocycles. The number of fused-ring (bicyclic) bond motifs is 1. The molecule has 0 fully saturated rings. The molecule has 2 rings (SSSR count). The first-order chi connectivity index (χ1) is 7.63. The largest absolute Gasteiger partial charge is 0.360 e. The fourth-order valence-electron chi connectivity index (χ4n) is 1.71. The number of hydrogen-bond donors (Lipinski definition) is 1. The van der Waals surface area contributed by atoms with Gasteiger partial charge in [0.15, 0.2) is 5.78 Å². The third-order valence-electron chi connectivity index (χ3n) is 2.60. The van der Waals surface area contributed by atoms with E-state index in [0.29, 0.717) is 11.1 Å². The van der Waals surface area contributed by atoms with E-state index in [0.717, 1.165) is 10.9 Å². The molecule has 2 aromatic rings. The number of aromatic nitrogens is 1. The Labute approximate surface area is 93.7 Å². The molecule has 0 unspecified atom stereocenters. The Balaban J connectivity index is 2.64. The van der Waals surface area contributed by atoms with E-state index in [1.54, 1.807) is 18.3 Å². The standard InChI is InChI=1S/C13H12N2O/c1-8(2)13(16)11-7-15-12-4-3-9(6-14)5-10(11)12/h3-5,7-8,15H,1-2H3. The fourth-order valence-corrected chi connectivity index (χ4v) is 1.71. The summed E-state index contributed by atoms with van der Waals surface area (Å²) < 4.78 is 0. The number of ketones is 1. The van der Waals surface area contributed by atoms with Gasteiger partial charge in [-0.15, -0.1) is 0 Å². The van der Waals surface area contributed by atoms with Crippen molar-refractivity contribution in [2.45, 2.75) is 13.8 Å². The Morgan fingerprint density at radius 3 is 2.81 bits per heavy atom. The van der Waals surface area contributed by atoms with E-state index >= 15 is 0 Å². The highest BCUT2D eigenvalue weighted by Crippen LogP contribution is 2.22. The van der Waals surface area contributed by atoms with Crippen LogP contribution in [0, 0.1) is 17.2 Å². The number of nitriles is 1. The Hall–Kier alpha value is -2.08. The molecule has 1 heterocycles. The van der Waals surface area contributed by atoms with Gasteiger partial charge >= 0.3 is 0 Å². The zero-order valence-electron chi connectivity index (χ0n) is 9.24. The van der Waals surface area contributed by atoms with Crippen molar-refractivity contribution in [3.63, 3.8) is 0 Å². The fraction of sp³-hybridized carbons (Fsp3) is 0.231. The molecular formula is C13H12N2O. The highest BCUT2D eigenvalue weighted by atomic mass is 16.1. The van der Waals surface area contributed by atoms with Crippen LogP contribution in [0.4, 0.5) is 0 Å². The molecule has 0 amide bonds. The first-order valence-corrected chi connectivity index (χ1v) is 5.19. The molecule has 0 aliphatic heterocycles. The van der Waals surface area contributed by atoms with Gasteiger partial charge in [-0.25, -0.2) is 0 Å². The molecule has 0 bridgehead atoms. The van der Waals surface area contributed by atoms with Gasteiger partial charge in [-0.2, -0.15) is 5.26 Å². The van der Waals surface area contributed by atoms with Gasteiger partial charge in [-0.3, -0.25) is 4.79 Å². The molecule has 0 aliphatic rings. The predicted octanol–water partition coefficient (Wildman–Crippen LogP) is 2.88. The molecule has 0 atom stereocenters. The molecule has 0 spiro atoms. The summed E-state index contributed by atoms with van der Waals surface area (Å²) in [6.07, 6.45) is 1.72. The van der Waals surface area contributed by atoms with Crippen LogP contribution in [0.3, 0.4) is 0 Å². The van der Waals surface area contributed by atoms with Crippen molar-refractivity contribution in [3.8, 4) is 6.07 Å². The number of nitrogens with zero attached hydrogens (tertiary/aromatic N) is 1. The van der Waals surface area contributed by atoms with E-state index in [1.165, 1.54) is 0 Å². The Kier molecular flexibility index (Phi) is 2.49. The third-order valence-corrected chi connectivity index (χ3v) is 2.60. The van der Waals surface area contributed by atoms with Gasteiger partial charge in [-0.1, -0.05) is 13.8 Å². The zero-order valence-corrected chi connectivity index (χ0v) is 9.24. The van der Waals surface area contributed by atoms with Gasteiger partial charge in [0.1, 0.15) is 0 Å². The first-order valence-electron chi connectivity index (χ1n) is 5.19. The van der Waals surface area contributed by atoms with Crippen LogP contribution in [-0.4, -0.2) is 10.8 Å². The number of benzene rings is 1. The topological polar surface area (TPSA) is 56.6 Å². The van der Waals surface area contributed by atoms with E-state index in [4.69, 9.17) is 5.26 Å². The molecule has 3 heteroatoms. The van der Waals surface area contributed by atoms with Crippen molar-refractivity contribution in [3.05, 3.63) is 35.5 Å². The van der Waals surface area contributed by atoms with Gasteiger partial charge in [0.25, 0.3) is 0 Å². The molecular weight excluding hydrogens is 200 g/mol. The Bertz CT molecular complexity index is 587. The number of carbonyl (C=O) groups excluding carboxylic acids is 1. The molecule has 0 radical (unpaired) electrons. The number of nitrogens with one attached hydrogen (secondary N) is 1. The van der Waals surface area contributed by atoms with Crippen LogP contribution in [0.15, 0.2) is 24.4 Å². The lowest BCUT2D eigenvalue weighted by atomic mass is 10.00. The average Bonchev–Trinajstić information content (AvgIpc) is 2.70. The maximum Gasteiger partial charge on any atom is 0.167 e. The van der Waals surface area contributed by atoms with E-state index in [-0.39, 0.29) is 11.7 Å². The lowest BCUT2D eigenvalue weighted by Gasteiger charge is -2.01.